The van der Waals surface area contributed by atoms with Gasteiger partial charge in [-0.25, -0.2) is 4.98 Å². The molecule has 6 nitrogen and oxygen atoms in total. The highest BCUT2D eigenvalue weighted by molar-refractivity contribution is 8.00. The first-order valence-corrected chi connectivity index (χ1v) is 8.89. The Morgan fingerprint density at radius 3 is 2.96 bits per heavy atom. The minimum absolute atomic E-state index is 0.113. The zero-order valence-corrected chi connectivity index (χ0v) is 14.5. The summed E-state index contributed by atoms with van der Waals surface area (Å²) in [7, 11) is 0. The molecule has 1 heterocycles. The number of para-hydroxylation sites is 1. The van der Waals surface area contributed by atoms with Crippen LogP contribution in [-0.2, 0) is 4.79 Å². The van der Waals surface area contributed by atoms with Gasteiger partial charge in [-0.3, -0.25) is 9.89 Å². The highest BCUT2D eigenvalue weighted by Gasteiger charge is 2.11. The van der Waals surface area contributed by atoms with Crippen LogP contribution >= 0.6 is 23.5 Å². The van der Waals surface area contributed by atoms with Crippen LogP contribution in [0.25, 0.3) is 0 Å². The van der Waals surface area contributed by atoms with Crippen molar-refractivity contribution < 1.29 is 4.79 Å². The van der Waals surface area contributed by atoms with Crippen molar-refractivity contribution >= 4 is 35.1 Å². The van der Waals surface area contributed by atoms with E-state index in [2.05, 4.69) is 26.6 Å². The second kappa shape index (κ2) is 8.60. The van der Waals surface area contributed by atoms with Crippen LogP contribution in [0.1, 0.15) is 19.2 Å². The molecule has 1 unspecified atom stereocenters. The molecule has 2 aromatic rings. The van der Waals surface area contributed by atoms with E-state index >= 15 is 0 Å². The van der Waals surface area contributed by atoms with Crippen LogP contribution in [0.4, 0.5) is 5.69 Å². The lowest BCUT2D eigenvalue weighted by molar-refractivity contribution is -0.113. The molecule has 1 atom stereocenters. The maximum absolute atomic E-state index is 12.1. The number of anilines is 1. The number of nitrogens with one attached hydrogen (secondary N) is 2. The number of carbonyl (C=O) groups is 1. The fourth-order valence-corrected chi connectivity index (χ4v) is 3.40. The molecule has 120 valence electrons. The largest absolute Gasteiger partial charge is 0.324 e. The number of H-pyrrole nitrogens is 1. The summed E-state index contributed by atoms with van der Waals surface area (Å²) >= 11 is 2.86. The van der Waals surface area contributed by atoms with Gasteiger partial charge in [-0.1, -0.05) is 30.8 Å². The second-order valence-corrected chi connectivity index (χ2v) is 7.25. The fraction of sp³-hybridized carbons (Fsp3) is 0.333. The van der Waals surface area contributed by atoms with E-state index in [-0.39, 0.29) is 16.9 Å². The summed E-state index contributed by atoms with van der Waals surface area (Å²) in [5.74, 6) is 0.851. The molecule has 0 radical (unpaired) electrons. The van der Waals surface area contributed by atoms with Gasteiger partial charge in [-0.15, -0.1) is 16.9 Å². The highest BCUT2D eigenvalue weighted by Crippen LogP contribution is 2.31. The van der Waals surface area contributed by atoms with Gasteiger partial charge in [0.2, 0.25) is 11.1 Å². The van der Waals surface area contributed by atoms with Gasteiger partial charge in [-0.05, 0) is 19.1 Å². The van der Waals surface area contributed by atoms with Crippen molar-refractivity contribution in [3.63, 3.8) is 0 Å². The van der Waals surface area contributed by atoms with E-state index in [1.165, 1.54) is 11.8 Å². The van der Waals surface area contributed by atoms with Gasteiger partial charge in [0, 0.05) is 16.6 Å². The molecule has 0 aliphatic heterocycles. The zero-order chi connectivity index (χ0) is 16.7. The van der Waals surface area contributed by atoms with Crippen LogP contribution < -0.4 is 5.32 Å². The third kappa shape index (κ3) is 5.62. The standard InChI is InChI=1S/C15H17N5OS2/c1-10(7-8-16)23-13-6-4-3-5-12(13)18-14(21)9-22-15-17-11(2)19-20-15/h3-6,10H,7,9H2,1-2H3,(H,18,21)(H,17,19,20). The average molecular weight is 347 g/mol. The lowest BCUT2D eigenvalue weighted by Gasteiger charge is -2.13. The van der Waals surface area contributed by atoms with Crippen molar-refractivity contribution in [2.75, 3.05) is 11.1 Å². The number of aromatic amines is 1. The second-order valence-electron chi connectivity index (χ2n) is 4.83. The van der Waals surface area contributed by atoms with Crippen LogP contribution in [0.2, 0.25) is 0 Å². The summed E-state index contributed by atoms with van der Waals surface area (Å²) in [4.78, 5) is 17.2. The molecule has 0 spiro atoms. The van der Waals surface area contributed by atoms with Gasteiger partial charge in [0.15, 0.2) is 0 Å². The van der Waals surface area contributed by atoms with Crippen LogP contribution in [0.5, 0.6) is 0 Å². The summed E-state index contributed by atoms with van der Waals surface area (Å²) in [6.07, 6.45) is 0.465. The van der Waals surface area contributed by atoms with E-state index in [9.17, 15) is 4.79 Å². The number of carbonyl (C=O) groups excluding carboxylic acids is 1. The van der Waals surface area contributed by atoms with Crippen molar-refractivity contribution in [2.45, 2.75) is 35.6 Å². The van der Waals surface area contributed by atoms with Crippen molar-refractivity contribution in [3.05, 3.63) is 30.1 Å². The predicted molar refractivity (Wildman–Crippen MR) is 92.5 cm³/mol. The van der Waals surface area contributed by atoms with Gasteiger partial charge in [0.1, 0.15) is 5.82 Å². The van der Waals surface area contributed by atoms with Crippen LogP contribution in [0.3, 0.4) is 0 Å². The average Bonchev–Trinajstić information content (AvgIpc) is 2.93. The Kier molecular flexibility index (Phi) is 6.50. The summed E-state index contributed by atoms with van der Waals surface area (Å²) in [6.45, 7) is 3.81. The Bertz CT molecular complexity index is 710. The van der Waals surface area contributed by atoms with Crippen LogP contribution in [-0.4, -0.2) is 32.1 Å². The molecule has 0 bridgehead atoms. The number of rotatable bonds is 7. The van der Waals surface area contributed by atoms with Gasteiger partial charge in [-0.2, -0.15) is 5.26 Å². The Morgan fingerprint density at radius 2 is 2.26 bits per heavy atom. The SMILES string of the molecule is Cc1nc(SCC(=O)Nc2ccccc2SC(C)CC#N)n[nH]1. The summed E-state index contributed by atoms with van der Waals surface area (Å²) < 4.78 is 0. The zero-order valence-electron chi connectivity index (χ0n) is 12.9. The Balaban J connectivity index is 1.93. The first kappa shape index (κ1) is 17.4. The van der Waals surface area contributed by atoms with Crippen molar-refractivity contribution in [1.82, 2.24) is 15.2 Å². The van der Waals surface area contributed by atoms with E-state index < -0.39 is 0 Å². The van der Waals surface area contributed by atoms with Crippen LogP contribution in [0.15, 0.2) is 34.3 Å². The number of hydrogen-bond acceptors (Lipinski definition) is 6. The fourth-order valence-electron chi connectivity index (χ4n) is 1.76. The van der Waals surface area contributed by atoms with Crippen molar-refractivity contribution in [2.24, 2.45) is 0 Å². The monoisotopic (exact) mass is 347 g/mol. The molecule has 0 aliphatic carbocycles. The Labute approximate surface area is 143 Å². The van der Waals surface area contributed by atoms with Crippen molar-refractivity contribution in [1.29, 1.82) is 5.26 Å². The Morgan fingerprint density at radius 1 is 1.48 bits per heavy atom. The molecule has 0 aliphatic rings. The summed E-state index contributed by atoms with van der Waals surface area (Å²) in [5.41, 5.74) is 0.763. The normalized spacial score (nSPS) is 11.7. The first-order valence-electron chi connectivity index (χ1n) is 7.02. The molecule has 0 saturated heterocycles. The lowest BCUT2D eigenvalue weighted by atomic mass is 10.3. The molecule has 23 heavy (non-hydrogen) atoms. The predicted octanol–water partition coefficient (Wildman–Crippen LogP) is 3.24. The molecule has 1 aromatic carbocycles. The van der Waals surface area contributed by atoms with Crippen molar-refractivity contribution in [3.8, 4) is 6.07 Å². The van der Waals surface area contributed by atoms with E-state index in [0.29, 0.717) is 11.6 Å². The number of hydrogen-bond donors (Lipinski definition) is 2. The number of benzene rings is 1. The Hall–Kier alpha value is -1.98. The van der Waals surface area contributed by atoms with E-state index in [0.717, 1.165) is 16.4 Å². The lowest BCUT2D eigenvalue weighted by Crippen LogP contribution is -2.15. The number of amides is 1. The van der Waals surface area contributed by atoms with E-state index in [4.69, 9.17) is 5.26 Å². The number of nitrogens with zero attached hydrogens (tertiary/aromatic N) is 3. The van der Waals surface area contributed by atoms with Crippen LogP contribution in [0, 0.1) is 18.3 Å². The van der Waals surface area contributed by atoms with E-state index in [1.54, 1.807) is 11.8 Å². The molecule has 2 N–H and O–H groups in total. The quantitative estimate of drug-likeness (QED) is 0.747. The molecule has 1 aromatic heterocycles. The maximum atomic E-state index is 12.1. The first-order chi connectivity index (χ1) is 11.1. The minimum atomic E-state index is -0.113. The summed E-state index contributed by atoms with van der Waals surface area (Å²) in [6, 6.07) is 9.76. The number of nitriles is 1. The van der Waals surface area contributed by atoms with Gasteiger partial charge >= 0.3 is 0 Å². The summed E-state index contributed by atoms with van der Waals surface area (Å²) in [5, 5.41) is 19.1. The highest BCUT2D eigenvalue weighted by atomic mass is 32.2. The van der Waals surface area contributed by atoms with Gasteiger partial charge in [0.25, 0.3) is 0 Å². The van der Waals surface area contributed by atoms with Gasteiger partial charge < -0.3 is 5.32 Å². The molecule has 8 heteroatoms. The molecule has 0 fully saturated rings. The third-order valence-corrected chi connectivity index (χ3v) is 4.80. The molecule has 1 amide bonds. The smallest absolute Gasteiger partial charge is 0.234 e. The number of thioether (sulfide) groups is 2. The maximum Gasteiger partial charge on any atom is 0.234 e. The molecule has 2 rings (SSSR count). The van der Waals surface area contributed by atoms with Gasteiger partial charge in [0.05, 0.1) is 17.5 Å². The third-order valence-electron chi connectivity index (χ3n) is 2.78. The molecular formula is C15H17N5OS2. The molecular weight excluding hydrogens is 330 g/mol. The number of aromatic nitrogens is 3. The van der Waals surface area contributed by atoms with E-state index in [1.807, 2.05) is 38.1 Å². The molecule has 0 saturated carbocycles. The topological polar surface area (TPSA) is 94.5 Å². The number of aryl methyl sites for hydroxylation is 1. The minimum Gasteiger partial charge on any atom is -0.324 e.